The molecule has 1 aliphatic carbocycles. The van der Waals surface area contributed by atoms with Crippen molar-refractivity contribution in [3.8, 4) is 0 Å². The minimum atomic E-state index is -0.442. The first kappa shape index (κ1) is 16.2. The van der Waals surface area contributed by atoms with Gasteiger partial charge < -0.3 is 5.32 Å². The maximum Gasteiger partial charge on any atom is 0.276 e. The predicted molar refractivity (Wildman–Crippen MR) is 86.2 cm³/mol. The van der Waals surface area contributed by atoms with Gasteiger partial charge in [0.15, 0.2) is 0 Å². The molecule has 1 amide bonds. The van der Waals surface area contributed by atoms with Gasteiger partial charge in [-0.1, -0.05) is 38.8 Å². The van der Waals surface area contributed by atoms with E-state index >= 15 is 0 Å². The maximum atomic E-state index is 12.1. The van der Waals surface area contributed by atoms with E-state index in [4.69, 9.17) is 0 Å². The average molecular weight is 302 g/mol. The number of nitro groups is 1. The lowest BCUT2D eigenvalue weighted by molar-refractivity contribution is -0.385. The minimum Gasteiger partial charge on any atom is -0.350 e. The molecule has 0 saturated heterocycles. The molecule has 5 heteroatoms. The van der Waals surface area contributed by atoms with Crippen LogP contribution in [-0.2, 0) is 4.79 Å². The van der Waals surface area contributed by atoms with Crippen molar-refractivity contribution in [3.05, 3.63) is 46.0 Å². The van der Waals surface area contributed by atoms with Crippen molar-refractivity contribution in [2.45, 2.75) is 39.2 Å². The number of carbonyl (C=O) groups excluding carboxylic acids is 1. The molecule has 1 fully saturated rings. The number of benzene rings is 1. The Balaban J connectivity index is 2.01. The summed E-state index contributed by atoms with van der Waals surface area (Å²) in [5.41, 5.74) is 0.443. The maximum absolute atomic E-state index is 12.1. The van der Waals surface area contributed by atoms with Crippen molar-refractivity contribution < 1.29 is 9.72 Å². The van der Waals surface area contributed by atoms with Crippen LogP contribution in [-0.4, -0.2) is 16.9 Å². The second kappa shape index (κ2) is 7.20. The van der Waals surface area contributed by atoms with Gasteiger partial charge in [-0.2, -0.15) is 0 Å². The summed E-state index contributed by atoms with van der Waals surface area (Å²) in [5.74, 6) is 0.875. The van der Waals surface area contributed by atoms with Gasteiger partial charge in [-0.15, -0.1) is 0 Å². The van der Waals surface area contributed by atoms with E-state index in [2.05, 4.69) is 19.2 Å². The van der Waals surface area contributed by atoms with Gasteiger partial charge in [0.25, 0.3) is 5.69 Å². The molecule has 3 unspecified atom stereocenters. The molecule has 5 nitrogen and oxygen atoms in total. The van der Waals surface area contributed by atoms with E-state index in [1.54, 1.807) is 18.2 Å². The average Bonchev–Trinajstić information content (AvgIpc) is 2.50. The second-order valence-corrected chi connectivity index (χ2v) is 6.03. The number of hydrogen-bond donors (Lipinski definition) is 1. The highest BCUT2D eigenvalue weighted by Crippen LogP contribution is 2.29. The number of carbonyl (C=O) groups is 1. The lowest BCUT2D eigenvalue weighted by atomic mass is 9.78. The van der Waals surface area contributed by atoms with Crippen molar-refractivity contribution >= 4 is 17.7 Å². The number of nitro benzene ring substituents is 1. The fourth-order valence-electron chi connectivity index (χ4n) is 2.98. The molecule has 0 radical (unpaired) electrons. The molecule has 2 rings (SSSR count). The lowest BCUT2D eigenvalue weighted by Crippen LogP contribution is -2.43. The number of nitrogens with one attached hydrogen (secondary N) is 1. The Morgan fingerprint density at radius 1 is 1.32 bits per heavy atom. The first-order valence-corrected chi connectivity index (χ1v) is 7.71. The van der Waals surface area contributed by atoms with Gasteiger partial charge in [-0.25, -0.2) is 0 Å². The molecule has 0 aromatic heterocycles. The quantitative estimate of drug-likeness (QED) is 0.525. The highest BCUT2D eigenvalue weighted by atomic mass is 16.6. The highest BCUT2D eigenvalue weighted by molar-refractivity contribution is 5.92. The van der Waals surface area contributed by atoms with Gasteiger partial charge in [-0.05, 0) is 30.4 Å². The SMILES string of the molecule is CC1CCCC(NC(=O)/C=C/c2ccccc2[N+](=O)[O-])C1C. The number of para-hydroxylation sites is 1. The number of amides is 1. The zero-order valence-electron chi connectivity index (χ0n) is 13.0. The third-order valence-electron chi connectivity index (χ3n) is 4.58. The van der Waals surface area contributed by atoms with E-state index in [0.29, 0.717) is 17.4 Å². The van der Waals surface area contributed by atoms with Gasteiger partial charge in [0.1, 0.15) is 0 Å². The van der Waals surface area contributed by atoms with Crippen molar-refractivity contribution in [1.82, 2.24) is 5.32 Å². The molecule has 0 bridgehead atoms. The van der Waals surface area contributed by atoms with Gasteiger partial charge in [-0.3, -0.25) is 14.9 Å². The molecule has 1 aromatic carbocycles. The normalized spacial score (nSPS) is 25.1. The Kier molecular flexibility index (Phi) is 5.31. The van der Waals surface area contributed by atoms with E-state index in [9.17, 15) is 14.9 Å². The Morgan fingerprint density at radius 2 is 2.05 bits per heavy atom. The summed E-state index contributed by atoms with van der Waals surface area (Å²) in [6.45, 7) is 4.38. The van der Waals surface area contributed by atoms with Crippen molar-refractivity contribution in [2.75, 3.05) is 0 Å². The molecule has 1 saturated carbocycles. The monoisotopic (exact) mass is 302 g/mol. The Labute approximate surface area is 130 Å². The number of hydrogen-bond acceptors (Lipinski definition) is 3. The number of rotatable bonds is 4. The Hall–Kier alpha value is -2.17. The van der Waals surface area contributed by atoms with Gasteiger partial charge in [0.05, 0.1) is 10.5 Å². The molecule has 0 spiro atoms. The van der Waals surface area contributed by atoms with Crippen LogP contribution in [0.4, 0.5) is 5.69 Å². The van der Waals surface area contributed by atoms with Crippen LogP contribution in [0.1, 0.15) is 38.7 Å². The van der Waals surface area contributed by atoms with E-state index < -0.39 is 4.92 Å². The van der Waals surface area contributed by atoms with E-state index in [1.165, 1.54) is 24.6 Å². The predicted octanol–water partition coefficient (Wildman–Crippen LogP) is 3.55. The molecular weight excluding hydrogens is 280 g/mol. The Morgan fingerprint density at radius 3 is 2.77 bits per heavy atom. The smallest absolute Gasteiger partial charge is 0.276 e. The fourth-order valence-corrected chi connectivity index (χ4v) is 2.98. The van der Waals surface area contributed by atoms with E-state index in [-0.39, 0.29) is 17.6 Å². The molecule has 118 valence electrons. The molecule has 0 heterocycles. The molecule has 0 aliphatic heterocycles. The summed E-state index contributed by atoms with van der Waals surface area (Å²) in [4.78, 5) is 22.5. The zero-order chi connectivity index (χ0) is 16.1. The Bertz CT molecular complexity index is 583. The summed E-state index contributed by atoms with van der Waals surface area (Å²) >= 11 is 0. The third-order valence-corrected chi connectivity index (χ3v) is 4.58. The first-order chi connectivity index (χ1) is 10.5. The van der Waals surface area contributed by atoms with Crippen LogP contribution in [0.5, 0.6) is 0 Å². The summed E-state index contributed by atoms with van der Waals surface area (Å²) in [5, 5.41) is 14.0. The molecule has 3 atom stereocenters. The largest absolute Gasteiger partial charge is 0.350 e. The topological polar surface area (TPSA) is 72.2 Å². The van der Waals surface area contributed by atoms with Gasteiger partial charge in [0, 0.05) is 18.2 Å². The zero-order valence-corrected chi connectivity index (χ0v) is 13.0. The highest BCUT2D eigenvalue weighted by Gasteiger charge is 2.27. The first-order valence-electron chi connectivity index (χ1n) is 7.71. The van der Waals surface area contributed by atoms with Crippen molar-refractivity contribution in [3.63, 3.8) is 0 Å². The van der Waals surface area contributed by atoms with Crippen LogP contribution in [0.15, 0.2) is 30.3 Å². The summed E-state index contributed by atoms with van der Waals surface area (Å²) < 4.78 is 0. The van der Waals surface area contributed by atoms with Crippen LogP contribution in [0.3, 0.4) is 0 Å². The summed E-state index contributed by atoms with van der Waals surface area (Å²) in [6.07, 6.45) is 6.22. The van der Waals surface area contributed by atoms with Crippen LogP contribution in [0.25, 0.3) is 6.08 Å². The van der Waals surface area contributed by atoms with Crippen LogP contribution < -0.4 is 5.32 Å². The fraction of sp³-hybridized carbons (Fsp3) is 0.471. The third kappa shape index (κ3) is 3.93. The molecule has 1 aliphatic rings. The summed E-state index contributed by atoms with van der Waals surface area (Å²) in [7, 11) is 0. The van der Waals surface area contributed by atoms with Crippen molar-refractivity contribution in [2.24, 2.45) is 11.8 Å². The van der Waals surface area contributed by atoms with Gasteiger partial charge >= 0.3 is 0 Å². The van der Waals surface area contributed by atoms with Crippen LogP contribution in [0, 0.1) is 22.0 Å². The van der Waals surface area contributed by atoms with E-state index in [1.807, 2.05) is 0 Å². The second-order valence-electron chi connectivity index (χ2n) is 6.03. The van der Waals surface area contributed by atoms with Crippen LogP contribution in [0.2, 0.25) is 0 Å². The lowest BCUT2D eigenvalue weighted by Gasteiger charge is -2.34. The van der Waals surface area contributed by atoms with Gasteiger partial charge in [0.2, 0.25) is 5.91 Å². The summed E-state index contributed by atoms with van der Waals surface area (Å²) in [6, 6.07) is 6.58. The molecule has 1 N–H and O–H groups in total. The molecule has 22 heavy (non-hydrogen) atoms. The molecular formula is C17H22N2O3. The van der Waals surface area contributed by atoms with E-state index in [0.717, 1.165) is 12.8 Å². The van der Waals surface area contributed by atoms with Crippen LogP contribution >= 0.6 is 0 Å². The molecule has 1 aromatic rings. The van der Waals surface area contributed by atoms with Crippen molar-refractivity contribution in [1.29, 1.82) is 0 Å². The number of nitrogens with zero attached hydrogens (tertiary/aromatic N) is 1. The standard InChI is InChI=1S/C17H22N2O3/c1-12-6-5-8-15(13(12)2)18-17(20)11-10-14-7-3-4-9-16(14)19(21)22/h3-4,7,9-13,15H,5-6,8H2,1-2H3,(H,18,20)/b11-10+. The minimum absolute atomic E-state index is 0.00575.